The highest BCUT2D eigenvalue weighted by molar-refractivity contribution is 6.30. The normalized spacial score (nSPS) is 11.0. The lowest BCUT2D eigenvalue weighted by Crippen LogP contribution is -1.97. The van der Waals surface area contributed by atoms with E-state index in [9.17, 15) is 9.90 Å². The Hall–Kier alpha value is -1.77. The number of benzene rings is 2. The third kappa shape index (κ3) is 4.35. The van der Waals surface area contributed by atoms with Gasteiger partial charge in [0, 0.05) is 16.5 Å². The van der Waals surface area contributed by atoms with Crippen LogP contribution in [0.3, 0.4) is 0 Å². The minimum absolute atomic E-state index is 0.124. The second-order valence-corrected chi connectivity index (χ2v) is 5.35. The number of phenolic OH excluding ortho intramolecular Hbond substituents is 1. The highest BCUT2D eigenvalue weighted by atomic mass is 35.5. The molecule has 2 aromatic rings. The van der Waals surface area contributed by atoms with Crippen molar-refractivity contribution in [2.24, 2.45) is 0 Å². The van der Waals surface area contributed by atoms with Crippen LogP contribution in [0.15, 0.2) is 48.5 Å². The van der Waals surface area contributed by atoms with Gasteiger partial charge in [0.2, 0.25) is 0 Å². The topological polar surface area (TPSA) is 37.3 Å². The number of aryl methyl sites for hydroxylation is 1. The summed E-state index contributed by atoms with van der Waals surface area (Å²) < 4.78 is 0. The van der Waals surface area contributed by atoms with Crippen LogP contribution in [-0.2, 0) is 6.42 Å². The zero-order chi connectivity index (χ0) is 15.2. The summed E-state index contributed by atoms with van der Waals surface area (Å²) in [5.74, 6) is 0.431. The molecule has 0 saturated carbocycles. The van der Waals surface area contributed by atoms with Crippen molar-refractivity contribution in [3.8, 4) is 5.75 Å². The van der Waals surface area contributed by atoms with Crippen LogP contribution in [0.4, 0.5) is 0 Å². The Morgan fingerprint density at radius 2 is 1.86 bits per heavy atom. The van der Waals surface area contributed by atoms with Gasteiger partial charge >= 0.3 is 0 Å². The summed E-state index contributed by atoms with van der Waals surface area (Å²) in [6, 6.07) is 12.0. The van der Waals surface area contributed by atoms with Crippen molar-refractivity contribution < 1.29 is 9.90 Å². The number of phenols is 1. The van der Waals surface area contributed by atoms with E-state index in [4.69, 9.17) is 23.2 Å². The zero-order valence-electron chi connectivity index (χ0n) is 11.2. The fraction of sp³-hybridized carbons (Fsp3) is 0.118. The second-order valence-electron chi connectivity index (χ2n) is 4.53. The molecule has 0 heterocycles. The van der Waals surface area contributed by atoms with Gasteiger partial charge in [-0.05, 0) is 54.0 Å². The summed E-state index contributed by atoms with van der Waals surface area (Å²) in [7, 11) is 0. The Bertz CT molecular complexity index is 661. The largest absolute Gasteiger partial charge is 0.508 e. The Morgan fingerprint density at radius 3 is 2.52 bits per heavy atom. The molecule has 0 saturated heterocycles. The van der Waals surface area contributed by atoms with Gasteiger partial charge in [0.05, 0.1) is 0 Å². The number of halogens is 2. The molecule has 0 aliphatic rings. The first-order chi connectivity index (χ1) is 10.1. The molecule has 4 heteroatoms. The van der Waals surface area contributed by atoms with Crippen LogP contribution in [0.5, 0.6) is 5.75 Å². The summed E-state index contributed by atoms with van der Waals surface area (Å²) in [5, 5.41) is 10.3. The second kappa shape index (κ2) is 7.30. The minimum Gasteiger partial charge on any atom is -0.508 e. The molecule has 0 aromatic heterocycles. The summed E-state index contributed by atoms with van der Waals surface area (Å²) in [6.45, 7) is 0. The van der Waals surface area contributed by atoms with E-state index in [1.54, 1.807) is 30.3 Å². The van der Waals surface area contributed by atoms with E-state index >= 15 is 0 Å². The van der Waals surface area contributed by atoms with Crippen LogP contribution in [0.1, 0.15) is 21.5 Å². The predicted octanol–water partition coefficient (Wildman–Crippen LogP) is 4.72. The van der Waals surface area contributed by atoms with Crippen molar-refractivity contribution in [1.82, 2.24) is 0 Å². The minimum atomic E-state index is -0.124. The maximum absolute atomic E-state index is 12.1. The fourth-order valence-corrected chi connectivity index (χ4v) is 2.21. The lowest BCUT2D eigenvalue weighted by molar-refractivity contribution is 0.104. The molecule has 0 amide bonds. The highest BCUT2D eigenvalue weighted by Gasteiger charge is 2.07. The Balaban J connectivity index is 2.16. The molecule has 0 bridgehead atoms. The number of hydrogen-bond acceptors (Lipinski definition) is 2. The number of carbonyl (C=O) groups is 1. The molecule has 0 atom stereocenters. The molecule has 2 rings (SSSR count). The van der Waals surface area contributed by atoms with Gasteiger partial charge in [0.25, 0.3) is 0 Å². The number of ketones is 1. The molecule has 0 spiro atoms. The van der Waals surface area contributed by atoms with Crippen molar-refractivity contribution in [1.29, 1.82) is 0 Å². The molecular formula is C17H14Cl2O2. The number of hydrogen-bond donors (Lipinski definition) is 1. The van der Waals surface area contributed by atoms with Gasteiger partial charge < -0.3 is 5.11 Å². The number of carbonyl (C=O) groups excluding carboxylic acids is 1. The van der Waals surface area contributed by atoms with Crippen LogP contribution in [0.25, 0.3) is 6.08 Å². The van der Waals surface area contributed by atoms with Crippen LogP contribution in [0, 0.1) is 0 Å². The van der Waals surface area contributed by atoms with Gasteiger partial charge in [-0.3, -0.25) is 4.79 Å². The SMILES string of the molecule is O=C(C=Cc1ccc(Cl)cc1)c1ccc(O)c(CCCl)c1. The van der Waals surface area contributed by atoms with E-state index in [0.717, 1.165) is 5.56 Å². The predicted molar refractivity (Wildman–Crippen MR) is 87.3 cm³/mol. The summed E-state index contributed by atoms with van der Waals surface area (Å²) in [4.78, 5) is 12.1. The van der Waals surface area contributed by atoms with Crippen molar-refractivity contribution in [3.63, 3.8) is 0 Å². The molecule has 2 aromatic carbocycles. The van der Waals surface area contributed by atoms with Crippen molar-refractivity contribution in [2.45, 2.75) is 6.42 Å². The van der Waals surface area contributed by atoms with E-state index in [-0.39, 0.29) is 11.5 Å². The number of rotatable bonds is 5. The molecule has 0 unspecified atom stereocenters. The Morgan fingerprint density at radius 1 is 1.14 bits per heavy atom. The van der Waals surface area contributed by atoms with Crippen LogP contribution >= 0.6 is 23.2 Å². The van der Waals surface area contributed by atoms with E-state index in [1.807, 2.05) is 12.1 Å². The quantitative estimate of drug-likeness (QED) is 0.491. The summed E-state index contributed by atoms with van der Waals surface area (Å²) in [6.07, 6.45) is 3.75. The highest BCUT2D eigenvalue weighted by Crippen LogP contribution is 2.20. The van der Waals surface area contributed by atoms with Gasteiger partial charge in [-0.25, -0.2) is 0 Å². The molecule has 2 nitrogen and oxygen atoms in total. The molecule has 21 heavy (non-hydrogen) atoms. The third-order valence-corrected chi connectivity index (χ3v) is 3.47. The molecule has 0 aliphatic heterocycles. The van der Waals surface area contributed by atoms with Gasteiger partial charge in [-0.1, -0.05) is 29.8 Å². The maximum Gasteiger partial charge on any atom is 0.185 e. The molecular weight excluding hydrogens is 307 g/mol. The van der Waals surface area contributed by atoms with Gasteiger partial charge in [0.15, 0.2) is 5.78 Å². The first kappa shape index (κ1) is 15.6. The number of aromatic hydroxyl groups is 1. The Labute approximate surface area is 133 Å². The third-order valence-electron chi connectivity index (χ3n) is 3.03. The van der Waals surface area contributed by atoms with E-state index in [2.05, 4.69) is 0 Å². The lowest BCUT2D eigenvalue weighted by atomic mass is 10.0. The summed E-state index contributed by atoms with van der Waals surface area (Å²) in [5.41, 5.74) is 2.10. The van der Waals surface area contributed by atoms with Crippen LogP contribution in [0.2, 0.25) is 5.02 Å². The van der Waals surface area contributed by atoms with E-state index < -0.39 is 0 Å². The molecule has 108 valence electrons. The first-order valence-electron chi connectivity index (χ1n) is 6.46. The van der Waals surface area contributed by atoms with Crippen LogP contribution in [-0.4, -0.2) is 16.8 Å². The average Bonchev–Trinajstić information content (AvgIpc) is 2.49. The number of allylic oxidation sites excluding steroid dienone is 1. The fourth-order valence-electron chi connectivity index (χ4n) is 1.88. The smallest absolute Gasteiger partial charge is 0.185 e. The van der Waals surface area contributed by atoms with Gasteiger partial charge in [-0.15, -0.1) is 11.6 Å². The molecule has 0 radical (unpaired) electrons. The van der Waals surface area contributed by atoms with Crippen LogP contribution < -0.4 is 0 Å². The molecule has 1 N–H and O–H groups in total. The monoisotopic (exact) mass is 320 g/mol. The molecule has 0 aliphatic carbocycles. The average molecular weight is 321 g/mol. The van der Waals surface area contributed by atoms with Crippen molar-refractivity contribution >= 4 is 35.1 Å². The van der Waals surface area contributed by atoms with E-state index in [0.29, 0.717) is 28.5 Å². The Kier molecular flexibility index (Phi) is 5.43. The van der Waals surface area contributed by atoms with E-state index in [1.165, 1.54) is 12.1 Å². The van der Waals surface area contributed by atoms with Gasteiger partial charge in [0.1, 0.15) is 5.75 Å². The zero-order valence-corrected chi connectivity index (χ0v) is 12.7. The summed E-state index contributed by atoms with van der Waals surface area (Å²) >= 11 is 11.5. The first-order valence-corrected chi connectivity index (χ1v) is 7.37. The van der Waals surface area contributed by atoms with Gasteiger partial charge in [-0.2, -0.15) is 0 Å². The number of alkyl halides is 1. The lowest BCUT2D eigenvalue weighted by Gasteiger charge is -2.04. The molecule has 0 fully saturated rings. The van der Waals surface area contributed by atoms with Crippen molar-refractivity contribution in [3.05, 3.63) is 70.3 Å². The standard InChI is InChI=1S/C17H14Cl2O2/c18-10-9-14-11-13(4-8-17(14)21)16(20)7-3-12-1-5-15(19)6-2-12/h1-8,11,21H,9-10H2. The maximum atomic E-state index is 12.1. The van der Waals surface area contributed by atoms with Crippen molar-refractivity contribution in [2.75, 3.05) is 5.88 Å².